The van der Waals surface area contributed by atoms with E-state index in [0.29, 0.717) is 5.56 Å². The molecule has 0 aliphatic carbocycles. The van der Waals surface area contributed by atoms with E-state index < -0.39 is 0 Å². The van der Waals surface area contributed by atoms with Gasteiger partial charge in [-0.25, -0.2) is 9.97 Å². The summed E-state index contributed by atoms with van der Waals surface area (Å²) in [5, 5.41) is 5.89. The molecule has 5 rings (SSSR count). The summed E-state index contributed by atoms with van der Waals surface area (Å²) in [6, 6.07) is 26.2. The number of pyridine rings is 1. The van der Waals surface area contributed by atoms with Gasteiger partial charge in [0.25, 0.3) is 5.91 Å². The Morgan fingerprint density at radius 3 is 2.24 bits per heavy atom. The largest absolute Gasteiger partial charge is 0.373 e. The summed E-state index contributed by atoms with van der Waals surface area (Å²) in [5.74, 6) is 1.40. The van der Waals surface area contributed by atoms with Crippen molar-refractivity contribution in [2.75, 3.05) is 17.7 Å². The number of aromatic amines is 1. The number of nitrogens with one attached hydrogen (secondary N) is 3. The van der Waals surface area contributed by atoms with E-state index in [9.17, 15) is 9.59 Å². The first kappa shape index (κ1) is 27.8. The predicted octanol–water partition coefficient (Wildman–Crippen LogP) is 7.01. The van der Waals surface area contributed by atoms with E-state index in [-0.39, 0.29) is 5.91 Å². The number of benzene rings is 3. The fourth-order valence-electron chi connectivity index (χ4n) is 3.52. The van der Waals surface area contributed by atoms with Crippen molar-refractivity contribution in [3.63, 3.8) is 0 Å². The highest BCUT2D eigenvalue weighted by Crippen LogP contribution is 2.23. The lowest BCUT2D eigenvalue weighted by molar-refractivity contribution is 0.102. The number of anilines is 2. The summed E-state index contributed by atoms with van der Waals surface area (Å²) in [5.41, 5.74) is 6.04. The van der Waals surface area contributed by atoms with Crippen LogP contribution in [0.2, 0.25) is 0 Å². The lowest BCUT2D eigenvalue weighted by Gasteiger charge is -2.05. The van der Waals surface area contributed by atoms with E-state index in [0.717, 1.165) is 52.2 Å². The number of hydrogen-bond acceptors (Lipinski definition) is 5. The maximum Gasteiger partial charge on any atom is 0.255 e. The van der Waals surface area contributed by atoms with Crippen LogP contribution in [0.4, 0.5) is 11.5 Å². The first-order valence-corrected chi connectivity index (χ1v) is 12.6. The van der Waals surface area contributed by atoms with Crippen LogP contribution in [0.25, 0.3) is 22.4 Å². The van der Waals surface area contributed by atoms with Gasteiger partial charge in [-0.15, -0.1) is 0 Å². The average molecular weight is 508 g/mol. The van der Waals surface area contributed by atoms with E-state index in [1.54, 1.807) is 18.3 Å². The highest BCUT2D eigenvalue weighted by molar-refractivity contribution is 6.04. The third-order valence-corrected chi connectivity index (χ3v) is 5.60. The molecule has 5 aromatic rings. The van der Waals surface area contributed by atoms with Crippen LogP contribution < -0.4 is 10.6 Å². The van der Waals surface area contributed by atoms with Crippen LogP contribution in [-0.4, -0.2) is 34.2 Å². The minimum atomic E-state index is -0.132. The highest BCUT2D eigenvalue weighted by Gasteiger charge is 2.08. The van der Waals surface area contributed by atoms with Crippen molar-refractivity contribution in [1.82, 2.24) is 15.0 Å². The molecule has 7 heteroatoms. The number of carbonyl (C=O) groups excluding carboxylic acids is 2. The molecule has 0 aliphatic heterocycles. The Hall–Kier alpha value is -4.78. The second-order valence-electron chi connectivity index (χ2n) is 8.03. The van der Waals surface area contributed by atoms with Gasteiger partial charge < -0.3 is 15.6 Å². The van der Waals surface area contributed by atoms with Crippen molar-refractivity contribution < 1.29 is 9.59 Å². The van der Waals surface area contributed by atoms with Crippen molar-refractivity contribution in [3.05, 3.63) is 108 Å². The number of carbonyl (C=O) groups is 2. The number of H-pyrrole nitrogens is 1. The minimum Gasteiger partial charge on any atom is -0.373 e. The summed E-state index contributed by atoms with van der Waals surface area (Å²) in [7, 11) is 1.82. The summed E-state index contributed by atoms with van der Waals surface area (Å²) >= 11 is 0. The lowest BCUT2D eigenvalue weighted by Crippen LogP contribution is -2.11. The van der Waals surface area contributed by atoms with Crippen molar-refractivity contribution >= 4 is 34.7 Å². The van der Waals surface area contributed by atoms with Crippen molar-refractivity contribution in [3.8, 4) is 11.4 Å². The predicted molar refractivity (Wildman–Crippen MR) is 156 cm³/mol. The molecule has 3 aromatic carbocycles. The monoisotopic (exact) mass is 507 g/mol. The number of rotatable bonds is 6. The molecule has 0 fully saturated rings. The molecule has 38 heavy (non-hydrogen) atoms. The zero-order valence-corrected chi connectivity index (χ0v) is 22.2. The van der Waals surface area contributed by atoms with Gasteiger partial charge in [0.2, 0.25) is 0 Å². The Labute approximate surface area is 223 Å². The third-order valence-electron chi connectivity index (χ3n) is 5.60. The van der Waals surface area contributed by atoms with Gasteiger partial charge in [0.05, 0.1) is 17.2 Å². The van der Waals surface area contributed by atoms with Gasteiger partial charge in [-0.3, -0.25) is 9.59 Å². The topological polar surface area (TPSA) is 99.8 Å². The zero-order chi connectivity index (χ0) is 27.3. The molecule has 0 radical (unpaired) electrons. The number of nitrogens with zero attached hydrogens (tertiary/aromatic N) is 2. The van der Waals surface area contributed by atoms with E-state index in [4.69, 9.17) is 0 Å². The normalized spacial score (nSPS) is 9.89. The zero-order valence-electron chi connectivity index (χ0n) is 22.2. The molecule has 0 aliphatic rings. The summed E-state index contributed by atoms with van der Waals surface area (Å²) in [4.78, 5) is 34.6. The smallest absolute Gasteiger partial charge is 0.255 e. The first-order valence-electron chi connectivity index (χ1n) is 12.6. The summed E-state index contributed by atoms with van der Waals surface area (Å²) in [6.07, 6.45) is 3.64. The van der Waals surface area contributed by atoms with E-state index in [1.807, 2.05) is 93.7 Å². The first-order chi connectivity index (χ1) is 18.6. The lowest BCUT2D eigenvalue weighted by atomic mass is 10.1. The quantitative estimate of drug-likeness (QED) is 0.215. The van der Waals surface area contributed by atoms with Gasteiger partial charge in [-0.2, -0.15) is 0 Å². The van der Waals surface area contributed by atoms with Crippen LogP contribution in [0, 0.1) is 0 Å². The molecule has 0 atom stereocenters. The molecule has 2 aromatic heterocycles. The second kappa shape index (κ2) is 14.1. The Balaban J connectivity index is 0.000000280. The number of amides is 1. The summed E-state index contributed by atoms with van der Waals surface area (Å²) < 4.78 is 0. The molecule has 3 N–H and O–H groups in total. The van der Waals surface area contributed by atoms with Gasteiger partial charge >= 0.3 is 0 Å². The van der Waals surface area contributed by atoms with E-state index in [1.165, 1.54) is 5.56 Å². The second-order valence-corrected chi connectivity index (χ2v) is 8.03. The molecular weight excluding hydrogens is 474 g/mol. The van der Waals surface area contributed by atoms with Crippen LogP contribution >= 0.6 is 0 Å². The number of aryl methyl sites for hydroxylation is 1. The third kappa shape index (κ3) is 7.36. The number of fused-ring (bicyclic) bond motifs is 1. The van der Waals surface area contributed by atoms with Gasteiger partial charge in [-0.1, -0.05) is 63.2 Å². The Morgan fingerprint density at radius 2 is 1.63 bits per heavy atom. The molecule has 1 amide bonds. The van der Waals surface area contributed by atoms with E-state index >= 15 is 0 Å². The maximum absolute atomic E-state index is 12.2. The highest BCUT2D eigenvalue weighted by atomic mass is 16.1. The fourth-order valence-corrected chi connectivity index (χ4v) is 3.52. The molecule has 7 nitrogen and oxygen atoms in total. The fraction of sp³-hybridized carbons (Fsp3) is 0.161. The van der Waals surface area contributed by atoms with Crippen LogP contribution in [0.3, 0.4) is 0 Å². The minimum absolute atomic E-state index is 0.132. The average Bonchev–Trinajstić information content (AvgIpc) is 3.43. The molecule has 194 valence electrons. The number of imidazole rings is 1. The van der Waals surface area contributed by atoms with Gasteiger partial charge in [0.1, 0.15) is 17.9 Å². The SMILES string of the molecule is CC.CCc1ccc(C=O)cc1.CNc1cc2nc(-c3ccc(NC(=O)c4ccccc4)cc3)[nH]c2cn1. The van der Waals surface area contributed by atoms with Gasteiger partial charge in [0, 0.05) is 35.5 Å². The molecular formula is C31H33N5O2. The molecule has 0 spiro atoms. The van der Waals surface area contributed by atoms with Gasteiger partial charge in [0.15, 0.2) is 0 Å². The van der Waals surface area contributed by atoms with Gasteiger partial charge in [-0.05, 0) is 48.4 Å². The van der Waals surface area contributed by atoms with Crippen LogP contribution in [-0.2, 0) is 6.42 Å². The standard InChI is InChI=1S/C20H17N5O.C9H10O.C2H6/c1-21-18-11-16-17(12-22-18)25-19(24-16)13-7-9-15(10-8-13)23-20(26)14-5-3-2-4-6-14;1-2-8-3-5-9(7-10)6-4-8;1-2/h2-12H,1H3,(H,21,22)(H,23,26)(H,24,25);3-7H,2H2,1H3;1-2H3. The maximum atomic E-state index is 12.2. The number of aromatic nitrogens is 3. The number of aldehydes is 1. The van der Waals surface area contributed by atoms with Crippen molar-refractivity contribution in [2.24, 2.45) is 0 Å². The van der Waals surface area contributed by atoms with Crippen LogP contribution in [0.15, 0.2) is 91.1 Å². The molecule has 0 bridgehead atoms. The Kier molecular flexibility index (Phi) is 10.3. The number of hydrogen-bond donors (Lipinski definition) is 3. The Bertz CT molecular complexity index is 1440. The Morgan fingerprint density at radius 1 is 0.947 bits per heavy atom. The van der Waals surface area contributed by atoms with Crippen LogP contribution in [0.1, 0.15) is 47.1 Å². The summed E-state index contributed by atoms with van der Waals surface area (Å²) in [6.45, 7) is 6.09. The molecule has 0 saturated carbocycles. The van der Waals surface area contributed by atoms with E-state index in [2.05, 4.69) is 32.5 Å². The van der Waals surface area contributed by atoms with Crippen molar-refractivity contribution in [1.29, 1.82) is 0 Å². The molecule has 2 heterocycles. The molecule has 0 unspecified atom stereocenters. The molecule has 0 saturated heterocycles. The van der Waals surface area contributed by atoms with Crippen molar-refractivity contribution in [2.45, 2.75) is 27.2 Å². The van der Waals surface area contributed by atoms with Crippen LogP contribution in [0.5, 0.6) is 0 Å².